The second-order valence-corrected chi connectivity index (χ2v) is 21.2. The fraction of sp³-hybridized carbons (Fsp3) is 0.420. The van der Waals surface area contributed by atoms with Gasteiger partial charge in [0, 0.05) is 34.9 Å². The summed E-state index contributed by atoms with van der Waals surface area (Å²) in [6.07, 6.45) is 0.930. The molecule has 1 fully saturated rings. The van der Waals surface area contributed by atoms with Crippen LogP contribution in [0.1, 0.15) is 99.7 Å². The Balaban J connectivity index is 1.40. The maximum Gasteiger partial charge on any atom is 0.303 e. The molecule has 1 aliphatic rings. The summed E-state index contributed by atoms with van der Waals surface area (Å²) in [5, 5.41) is 35.5. The average molecular weight is 1100 g/mol. The zero-order valence-electron chi connectivity index (χ0n) is 39.5. The molecule has 4 aromatic carbocycles. The molecule has 8 N–H and O–H groups in total. The van der Waals surface area contributed by atoms with Crippen LogP contribution in [0.25, 0.3) is 10.8 Å². The average Bonchev–Trinajstić information content (AvgIpc) is 3.78. The molecule has 70 heavy (non-hydrogen) atoms. The molecule has 0 saturated carbocycles. The molecule has 0 spiro atoms. The van der Waals surface area contributed by atoms with Crippen LogP contribution in [0, 0.1) is 3.57 Å². The van der Waals surface area contributed by atoms with Crippen LogP contribution in [-0.2, 0) is 57.5 Å². The van der Waals surface area contributed by atoms with Crippen molar-refractivity contribution >= 4 is 84.9 Å². The molecule has 0 radical (unpaired) electrons. The first kappa shape index (κ1) is 54.8. The predicted octanol–water partition coefficient (Wildman–Crippen LogP) is 4.54. The number of phenolic OH excluding ortho intramolecular Hbond substituents is 1. The monoisotopic (exact) mass is 1100 g/mol. The number of rotatable bonds is 22. The van der Waals surface area contributed by atoms with Crippen molar-refractivity contribution < 1.29 is 56.7 Å². The quantitative estimate of drug-likeness (QED) is 0.0398. The van der Waals surface area contributed by atoms with Crippen LogP contribution in [0.3, 0.4) is 0 Å². The predicted molar refractivity (Wildman–Crippen MR) is 270 cm³/mol. The van der Waals surface area contributed by atoms with Gasteiger partial charge < -0.3 is 41.7 Å². The van der Waals surface area contributed by atoms with E-state index in [0.717, 1.165) is 16.3 Å². The normalized spacial score (nSPS) is 15.5. The number of aromatic hydroxyl groups is 1. The third-order valence-corrected chi connectivity index (χ3v) is 13.0. The fourth-order valence-electron chi connectivity index (χ4n) is 8.30. The molecular weight excluding hydrogens is 1040 g/mol. The van der Waals surface area contributed by atoms with Crippen molar-refractivity contribution in [3.63, 3.8) is 0 Å². The number of likely N-dealkylation sites (tertiary alicyclic amines) is 1. The van der Waals surface area contributed by atoms with E-state index in [9.17, 15) is 56.7 Å². The van der Waals surface area contributed by atoms with Gasteiger partial charge in [-0.05, 0) is 121 Å². The fourth-order valence-corrected chi connectivity index (χ4v) is 9.40. The summed E-state index contributed by atoms with van der Waals surface area (Å²) in [6, 6.07) is 17.5. The van der Waals surface area contributed by atoms with E-state index in [2.05, 4.69) is 26.6 Å². The van der Waals surface area contributed by atoms with Gasteiger partial charge in [0.15, 0.2) is 0 Å². The van der Waals surface area contributed by atoms with E-state index in [4.69, 9.17) is 0 Å². The van der Waals surface area contributed by atoms with Crippen molar-refractivity contribution in [2.45, 2.75) is 127 Å². The summed E-state index contributed by atoms with van der Waals surface area (Å²) in [6.45, 7) is 7.26. The highest BCUT2D eigenvalue weighted by atomic mass is 127. The van der Waals surface area contributed by atoms with Crippen LogP contribution in [0.4, 0.5) is 0 Å². The van der Waals surface area contributed by atoms with Gasteiger partial charge in [-0.3, -0.25) is 38.1 Å². The van der Waals surface area contributed by atoms with E-state index in [-0.39, 0.29) is 68.4 Å². The van der Waals surface area contributed by atoms with Gasteiger partial charge in [-0.1, -0.05) is 80.1 Å². The lowest BCUT2D eigenvalue weighted by Crippen LogP contribution is -2.59. The summed E-state index contributed by atoms with van der Waals surface area (Å²) in [4.78, 5) is 97.6. The number of amides is 6. The number of nitrogens with one attached hydrogen (secondary N) is 5. The van der Waals surface area contributed by atoms with Gasteiger partial charge in [0.05, 0.1) is 5.56 Å². The number of nitrogens with zero attached hydrogens (tertiary/aromatic N) is 1. The summed E-state index contributed by atoms with van der Waals surface area (Å²) < 4.78 is 32.9. The lowest BCUT2D eigenvalue weighted by molar-refractivity contribution is -0.142. The molecule has 376 valence electrons. The SMILES string of the molecule is CCC[C@H](NC(=O)[C@H](Cc1ccc(CS(=O)(=O)O)cc1)NC(=O)c1cc(I)ccc1O)C(=O)N1CCC[C@H]1C(=O)N[C@@H](Cc1cccc2ccccc12)C(=O)N[C@@H](CCCC(=O)O)C(=O)NC(C)(C)C. The number of carbonyl (C=O) groups is 7. The summed E-state index contributed by atoms with van der Waals surface area (Å²) in [7, 11) is -4.33. The maximum absolute atomic E-state index is 14.6. The molecule has 5 rings (SSSR count). The molecule has 1 aliphatic heterocycles. The van der Waals surface area contributed by atoms with Crippen LogP contribution < -0.4 is 26.6 Å². The molecule has 0 aliphatic carbocycles. The number of hydrogen-bond donors (Lipinski definition) is 8. The standard InChI is InChI=1S/C50H61IN6O12S/c1-5-11-38(53-45(62)39(54-44(61)36-28-34(51)23-24-42(36)58)26-30-19-21-31(22-20-30)29-70(67,68)69)49(66)57-25-10-17-41(57)48(65)55-40(27-33-14-8-13-32-12-6-7-15-35(32)33)46(63)52-37(16-9-18-43(59)60)47(64)56-50(2,3)4/h6-8,12-15,19-24,28,37-41,58H,5,9-11,16-18,25-27,29H2,1-4H3,(H,52,63)(H,53,62)(H,54,61)(H,55,65)(H,56,64)(H,59,60)(H,67,68,69)/t37-,38-,39-,40-,41-/m0/s1. The highest BCUT2D eigenvalue weighted by molar-refractivity contribution is 14.1. The van der Waals surface area contributed by atoms with E-state index in [1.54, 1.807) is 33.8 Å². The number of carboxylic acids is 1. The first-order valence-corrected chi connectivity index (χ1v) is 25.7. The van der Waals surface area contributed by atoms with Gasteiger partial charge in [-0.2, -0.15) is 8.42 Å². The van der Waals surface area contributed by atoms with Crippen LogP contribution in [0.2, 0.25) is 0 Å². The molecule has 1 saturated heterocycles. The van der Waals surface area contributed by atoms with E-state index in [1.165, 1.54) is 41.3 Å². The number of benzene rings is 4. The first-order chi connectivity index (χ1) is 33.0. The Bertz CT molecular complexity index is 2670. The Morgan fingerprint density at radius 1 is 0.771 bits per heavy atom. The second kappa shape index (κ2) is 24.6. The molecular formula is C50H61IN6O12S. The van der Waals surface area contributed by atoms with Crippen molar-refractivity contribution in [1.29, 1.82) is 0 Å². The second-order valence-electron chi connectivity index (χ2n) is 18.5. The van der Waals surface area contributed by atoms with Crippen molar-refractivity contribution in [2.24, 2.45) is 0 Å². The topological polar surface area (TPSA) is 278 Å². The lowest BCUT2D eigenvalue weighted by Gasteiger charge is -2.31. The lowest BCUT2D eigenvalue weighted by atomic mass is 9.97. The number of halogens is 1. The van der Waals surface area contributed by atoms with Gasteiger partial charge in [0.2, 0.25) is 29.5 Å². The number of carbonyl (C=O) groups excluding carboxylic acids is 6. The molecule has 0 unspecified atom stereocenters. The molecule has 5 atom stereocenters. The van der Waals surface area contributed by atoms with Crippen molar-refractivity contribution in [3.05, 3.63) is 111 Å². The third kappa shape index (κ3) is 16.2. The van der Waals surface area contributed by atoms with Crippen LogP contribution in [0.15, 0.2) is 84.9 Å². The molecule has 18 nitrogen and oxygen atoms in total. The van der Waals surface area contributed by atoms with Crippen LogP contribution in [-0.4, -0.2) is 112 Å². The van der Waals surface area contributed by atoms with E-state index >= 15 is 0 Å². The van der Waals surface area contributed by atoms with Gasteiger partial charge in [0.1, 0.15) is 41.7 Å². The number of fused-ring (bicyclic) bond motifs is 1. The highest BCUT2D eigenvalue weighted by Crippen LogP contribution is 2.24. The molecule has 4 aromatic rings. The number of carboxylic acid groups (broad SMARTS) is 1. The largest absolute Gasteiger partial charge is 0.507 e. The molecule has 20 heteroatoms. The minimum absolute atomic E-state index is 0.00624. The molecule has 0 aromatic heterocycles. The molecule has 0 bridgehead atoms. The Morgan fingerprint density at radius 3 is 2.07 bits per heavy atom. The summed E-state index contributed by atoms with van der Waals surface area (Å²) >= 11 is 1.97. The Labute approximate surface area is 421 Å². The van der Waals surface area contributed by atoms with E-state index in [0.29, 0.717) is 22.0 Å². The van der Waals surface area contributed by atoms with Gasteiger partial charge in [0.25, 0.3) is 16.0 Å². The Hall–Kier alpha value is -6.13. The summed E-state index contributed by atoms with van der Waals surface area (Å²) in [5.41, 5.74) is 0.704. The van der Waals surface area contributed by atoms with E-state index < -0.39 is 93.0 Å². The number of phenols is 1. The third-order valence-electron chi connectivity index (χ3n) is 11.6. The first-order valence-electron chi connectivity index (χ1n) is 23.1. The van der Waals surface area contributed by atoms with Crippen LogP contribution in [0.5, 0.6) is 5.75 Å². The molecule has 1 heterocycles. The van der Waals surface area contributed by atoms with Crippen LogP contribution >= 0.6 is 22.6 Å². The Morgan fingerprint density at radius 2 is 1.41 bits per heavy atom. The maximum atomic E-state index is 14.6. The van der Waals surface area contributed by atoms with Crippen molar-refractivity contribution in [2.75, 3.05) is 6.54 Å². The van der Waals surface area contributed by atoms with Crippen molar-refractivity contribution in [1.82, 2.24) is 31.5 Å². The van der Waals surface area contributed by atoms with Gasteiger partial charge in [-0.25, -0.2) is 0 Å². The number of hydrogen-bond acceptors (Lipinski definition) is 10. The van der Waals surface area contributed by atoms with Crippen molar-refractivity contribution in [3.8, 4) is 5.75 Å². The highest BCUT2D eigenvalue weighted by Gasteiger charge is 2.40. The minimum atomic E-state index is -4.33. The zero-order chi connectivity index (χ0) is 51.3. The molecule has 6 amide bonds. The number of aliphatic carboxylic acids is 1. The zero-order valence-corrected chi connectivity index (χ0v) is 42.5. The van der Waals surface area contributed by atoms with E-state index in [1.807, 2.05) is 65.1 Å². The Kier molecular flexibility index (Phi) is 19.3. The smallest absolute Gasteiger partial charge is 0.303 e. The van der Waals surface area contributed by atoms with Gasteiger partial charge >= 0.3 is 5.97 Å². The van der Waals surface area contributed by atoms with Gasteiger partial charge in [-0.15, -0.1) is 0 Å². The summed E-state index contributed by atoms with van der Waals surface area (Å²) in [5.74, 6) is -6.01. The minimum Gasteiger partial charge on any atom is -0.507 e.